The van der Waals surface area contributed by atoms with Crippen LogP contribution in [0.25, 0.3) is 22.0 Å². The highest BCUT2D eigenvalue weighted by Crippen LogP contribution is 2.31. The molecule has 0 radical (unpaired) electrons. The number of nitrogens with zero attached hydrogens (tertiary/aromatic N) is 3. The molecule has 4 aromatic rings. The fourth-order valence-electron chi connectivity index (χ4n) is 3.88. The van der Waals surface area contributed by atoms with Crippen molar-refractivity contribution in [2.75, 3.05) is 18.9 Å². The number of aromatic nitrogens is 3. The van der Waals surface area contributed by atoms with Crippen LogP contribution in [0.3, 0.4) is 0 Å². The minimum atomic E-state index is -4.00. The molecule has 12 heteroatoms. The first-order valence-corrected chi connectivity index (χ1v) is 13.4. The summed E-state index contributed by atoms with van der Waals surface area (Å²) in [6, 6.07) is 11.1. The third-order valence-electron chi connectivity index (χ3n) is 6.06. The summed E-state index contributed by atoms with van der Waals surface area (Å²) in [5.74, 6) is -0.536. The van der Waals surface area contributed by atoms with Crippen LogP contribution in [0.1, 0.15) is 12.5 Å². The number of nitrogens with one attached hydrogen (secondary N) is 2. The predicted molar refractivity (Wildman–Crippen MR) is 146 cm³/mol. The highest BCUT2D eigenvalue weighted by molar-refractivity contribution is 7.92. The van der Waals surface area contributed by atoms with E-state index >= 15 is 0 Å². The van der Waals surface area contributed by atoms with Crippen molar-refractivity contribution in [2.45, 2.75) is 25.3 Å². The van der Waals surface area contributed by atoms with Crippen molar-refractivity contribution in [2.24, 2.45) is 5.92 Å². The Labute approximate surface area is 224 Å². The molecule has 198 valence electrons. The van der Waals surface area contributed by atoms with E-state index in [1.54, 1.807) is 51.2 Å². The normalized spacial score (nSPS) is 12.2. The molecule has 0 bridgehead atoms. The Hall–Kier alpha value is -3.96. The zero-order valence-electron chi connectivity index (χ0n) is 21.1. The van der Waals surface area contributed by atoms with Gasteiger partial charge in [-0.2, -0.15) is 0 Å². The molecule has 0 aliphatic carbocycles. The summed E-state index contributed by atoms with van der Waals surface area (Å²) in [5, 5.41) is 3.25. The number of benzene rings is 2. The molecule has 2 aromatic heterocycles. The van der Waals surface area contributed by atoms with Crippen LogP contribution in [0.2, 0.25) is 5.02 Å². The van der Waals surface area contributed by atoms with Crippen LogP contribution in [0.15, 0.2) is 64.7 Å². The third kappa shape index (κ3) is 5.48. The lowest BCUT2D eigenvalue weighted by molar-refractivity contribution is -0.124. The average molecular weight is 556 g/mol. The molecule has 1 amide bonds. The number of pyridine rings is 1. The molecule has 0 aliphatic rings. The van der Waals surface area contributed by atoms with E-state index in [1.807, 2.05) is 0 Å². The van der Waals surface area contributed by atoms with Gasteiger partial charge in [0.1, 0.15) is 5.69 Å². The Morgan fingerprint density at radius 3 is 2.58 bits per heavy atom. The maximum absolute atomic E-state index is 13.2. The van der Waals surface area contributed by atoms with Gasteiger partial charge in [0.2, 0.25) is 11.8 Å². The second kappa shape index (κ2) is 10.8. The van der Waals surface area contributed by atoms with Crippen molar-refractivity contribution < 1.29 is 17.9 Å². The predicted octanol–water partition coefficient (Wildman–Crippen LogP) is 3.61. The molecule has 1 atom stereocenters. The van der Waals surface area contributed by atoms with Gasteiger partial charge in [-0.15, -0.1) is 0 Å². The second-order valence-corrected chi connectivity index (χ2v) is 10.8. The van der Waals surface area contributed by atoms with Crippen molar-refractivity contribution in [1.82, 2.24) is 19.9 Å². The summed E-state index contributed by atoms with van der Waals surface area (Å²) in [6.07, 6.45) is 2.94. The maximum Gasteiger partial charge on any atom is 0.262 e. The molecule has 0 saturated carbocycles. The van der Waals surface area contributed by atoms with Gasteiger partial charge in [0.05, 0.1) is 35.2 Å². The monoisotopic (exact) mass is 555 g/mol. The van der Waals surface area contributed by atoms with E-state index in [2.05, 4.69) is 20.0 Å². The van der Waals surface area contributed by atoms with Gasteiger partial charge in [-0.25, -0.2) is 18.4 Å². The number of sulfonamides is 1. The third-order valence-corrected chi connectivity index (χ3v) is 7.83. The molecule has 2 N–H and O–H groups in total. The van der Waals surface area contributed by atoms with Crippen LogP contribution in [0.5, 0.6) is 5.88 Å². The number of anilines is 1. The molecule has 0 saturated heterocycles. The molecule has 4 rings (SSSR count). The summed E-state index contributed by atoms with van der Waals surface area (Å²) in [7, 11) is -1.08. The van der Waals surface area contributed by atoms with Gasteiger partial charge in [0.25, 0.3) is 15.6 Å². The summed E-state index contributed by atoms with van der Waals surface area (Å²) >= 11 is 6.13. The van der Waals surface area contributed by atoms with Crippen LogP contribution in [0.4, 0.5) is 5.69 Å². The SMILES string of the molecule is CNC(=O)C(C)Cn1cnc2ccc(-c3cnc(OC)c(NS(=O)(=O)c4ccc(C)c(Cl)c4)c3)cc2c1=O. The number of halogens is 1. The highest BCUT2D eigenvalue weighted by Gasteiger charge is 2.20. The molecule has 0 aliphatic heterocycles. The summed E-state index contributed by atoms with van der Waals surface area (Å²) < 4.78 is 35.3. The summed E-state index contributed by atoms with van der Waals surface area (Å²) in [6.45, 7) is 3.67. The van der Waals surface area contributed by atoms with E-state index in [4.69, 9.17) is 16.3 Å². The smallest absolute Gasteiger partial charge is 0.262 e. The molecule has 0 spiro atoms. The van der Waals surface area contributed by atoms with Crippen molar-refractivity contribution >= 4 is 44.1 Å². The molecule has 10 nitrogen and oxygen atoms in total. The number of fused-ring (bicyclic) bond motifs is 1. The molecule has 1 unspecified atom stereocenters. The van der Waals surface area contributed by atoms with Crippen LogP contribution < -0.4 is 20.3 Å². The van der Waals surface area contributed by atoms with E-state index < -0.39 is 15.9 Å². The Bertz CT molecular complexity index is 1700. The number of rotatable bonds is 8. The van der Waals surface area contributed by atoms with Gasteiger partial charge in [0.15, 0.2) is 0 Å². The summed E-state index contributed by atoms with van der Waals surface area (Å²) in [5.41, 5.74) is 2.21. The number of aryl methyl sites for hydroxylation is 1. The highest BCUT2D eigenvalue weighted by atomic mass is 35.5. The van der Waals surface area contributed by atoms with Gasteiger partial charge in [-0.1, -0.05) is 30.7 Å². The first-order valence-electron chi connectivity index (χ1n) is 11.6. The maximum atomic E-state index is 13.2. The van der Waals surface area contributed by atoms with Crippen LogP contribution in [-0.2, 0) is 21.4 Å². The summed E-state index contributed by atoms with van der Waals surface area (Å²) in [4.78, 5) is 33.7. The number of amides is 1. The first-order chi connectivity index (χ1) is 18.0. The van der Waals surface area contributed by atoms with E-state index in [-0.39, 0.29) is 34.5 Å². The zero-order valence-corrected chi connectivity index (χ0v) is 22.7. The standard InChI is InChI=1S/C26H26ClN5O5S/c1-15-5-7-19(11-21(15)27)38(35,36)31-23-10-18(12-29-25(23)37-4)17-6-8-22-20(9-17)26(34)32(14-30-22)13-16(2)24(33)28-3/h5-12,14,16,31H,13H2,1-4H3,(H,28,33). The zero-order chi connectivity index (χ0) is 27.6. The van der Waals surface area contributed by atoms with Crippen molar-refractivity contribution in [3.63, 3.8) is 0 Å². The molecular formula is C26H26ClN5O5S. The molecule has 38 heavy (non-hydrogen) atoms. The lowest BCUT2D eigenvalue weighted by atomic mass is 10.0. The lowest BCUT2D eigenvalue weighted by Gasteiger charge is -2.14. The number of hydrogen-bond acceptors (Lipinski definition) is 7. The molecule has 2 aromatic carbocycles. The second-order valence-electron chi connectivity index (χ2n) is 8.75. The van der Waals surface area contributed by atoms with Crippen LogP contribution in [-0.4, -0.2) is 43.0 Å². The van der Waals surface area contributed by atoms with Crippen molar-refractivity contribution in [3.8, 4) is 17.0 Å². The fraction of sp³-hybridized carbons (Fsp3) is 0.231. The van der Waals surface area contributed by atoms with Gasteiger partial charge >= 0.3 is 0 Å². The van der Waals surface area contributed by atoms with Gasteiger partial charge in [-0.3, -0.25) is 18.9 Å². The van der Waals surface area contributed by atoms with Crippen molar-refractivity contribution in [1.29, 1.82) is 0 Å². The average Bonchev–Trinajstić information content (AvgIpc) is 2.90. The minimum Gasteiger partial charge on any atom is -0.480 e. The van der Waals surface area contributed by atoms with Crippen LogP contribution in [0, 0.1) is 12.8 Å². The first kappa shape index (κ1) is 27.1. The van der Waals surface area contributed by atoms with E-state index in [1.165, 1.54) is 36.3 Å². The molecular weight excluding hydrogens is 530 g/mol. The molecule has 2 heterocycles. The Morgan fingerprint density at radius 1 is 1.13 bits per heavy atom. The minimum absolute atomic E-state index is 0.0103. The lowest BCUT2D eigenvalue weighted by Crippen LogP contribution is -2.32. The number of carbonyl (C=O) groups excluding carboxylic acids is 1. The number of carbonyl (C=O) groups is 1. The molecule has 0 fully saturated rings. The number of hydrogen-bond donors (Lipinski definition) is 2. The fourth-order valence-corrected chi connectivity index (χ4v) is 5.20. The Morgan fingerprint density at radius 2 is 1.89 bits per heavy atom. The van der Waals surface area contributed by atoms with Gasteiger partial charge in [0, 0.05) is 30.4 Å². The number of ether oxygens (including phenoxy) is 1. The Balaban J connectivity index is 1.73. The van der Waals surface area contributed by atoms with Crippen LogP contribution >= 0.6 is 11.6 Å². The van der Waals surface area contributed by atoms with Crippen molar-refractivity contribution in [3.05, 3.63) is 75.9 Å². The quantitative estimate of drug-likeness (QED) is 0.339. The van der Waals surface area contributed by atoms with E-state index in [9.17, 15) is 18.0 Å². The van der Waals surface area contributed by atoms with E-state index in [0.29, 0.717) is 27.1 Å². The van der Waals surface area contributed by atoms with Gasteiger partial charge in [-0.05, 0) is 48.4 Å². The van der Waals surface area contributed by atoms with Gasteiger partial charge < -0.3 is 10.1 Å². The topological polar surface area (TPSA) is 132 Å². The number of methoxy groups -OCH3 is 1. The Kier molecular flexibility index (Phi) is 7.70. The largest absolute Gasteiger partial charge is 0.480 e. The van der Waals surface area contributed by atoms with E-state index in [0.717, 1.165) is 5.56 Å².